The van der Waals surface area contributed by atoms with Crippen molar-refractivity contribution in [3.8, 4) is 0 Å². The molecule has 4 heteroatoms. The molecule has 1 aromatic heterocycles. The molecule has 0 saturated heterocycles. The smallest absolute Gasteiger partial charge is 0.113 e. The minimum Gasteiger partial charge on any atom is -0.383 e. The van der Waals surface area contributed by atoms with Crippen LogP contribution in [0.3, 0.4) is 0 Å². The molecule has 0 aromatic carbocycles. The van der Waals surface area contributed by atoms with Crippen LogP contribution in [-0.2, 0) is 16.7 Å². The van der Waals surface area contributed by atoms with Crippen LogP contribution in [0.2, 0.25) is 0 Å². The first-order valence-corrected chi connectivity index (χ1v) is 7.65. The molecule has 0 bridgehead atoms. The zero-order valence-electron chi connectivity index (χ0n) is 12.3. The zero-order valence-corrected chi connectivity index (χ0v) is 13.1. The molecule has 0 unspecified atom stereocenters. The Hall–Kier alpha value is -0.450. The SMILES string of the molecule is CCc1nc(C(CC)(CC)NCCOC)sc1C. The predicted octanol–water partition coefficient (Wildman–Crippen LogP) is 3.27. The number of nitrogens with zero attached hydrogens (tertiary/aromatic N) is 1. The summed E-state index contributed by atoms with van der Waals surface area (Å²) in [5, 5.41) is 4.87. The Bertz CT molecular complexity index is 359. The van der Waals surface area contributed by atoms with E-state index in [-0.39, 0.29) is 5.54 Å². The molecule has 0 saturated carbocycles. The van der Waals surface area contributed by atoms with Crippen LogP contribution in [0.15, 0.2) is 0 Å². The van der Waals surface area contributed by atoms with Gasteiger partial charge in [0.1, 0.15) is 5.01 Å². The Kier molecular flexibility index (Phi) is 6.26. The minimum atomic E-state index is 0.0153. The van der Waals surface area contributed by atoms with E-state index in [2.05, 4.69) is 33.0 Å². The number of rotatable bonds is 8. The van der Waals surface area contributed by atoms with Crippen LogP contribution < -0.4 is 5.32 Å². The van der Waals surface area contributed by atoms with Gasteiger partial charge < -0.3 is 10.1 Å². The molecule has 0 radical (unpaired) electrons. The molecule has 0 aliphatic carbocycles. The molecule has 0 fully saturated rings. The molecule has 104 valence electrons. The average Bonchev–Trinajstić information content (AvgIpc) is 2.77. The van der Waals surface area contributed by atoms with Crippen LogP contribution >= 0.6 is 11.3 Å². The monoisotopic (exact) mass is 270 g/mol. The van der Waals surface area contributed by atoms with Crippen molar-refractivity contribution in [1.82, 2.24) is 10.3 Å². The summed E-state index contributed by atoms with van der Waals surface area (Å²) in [5.41, 5.74) is 1.26. The molecule has 0 amide bonds. The van der Waals surface area contributed by atoms with Gasteiger partial charge in [0.15, 0.2) is 0 Å². The molecular formula is C14H26N2OS. The second kappa shape index (κ2) is 7.22. The first-order chi connectivity index (χ1) is 8.63. The lowest BCUT2D eigenvalue weighted by Gasteiger charge is -2.31. The number of ether oxygens (including phenoxy) is 1. The number of aromatic nitrogens is 1. The van der Waals surface area contributed by atoms with Gasteiger partial charge in [0, 0.05) is 18.5 Å². The van der Waals surface area contributed by atoms with E-state index in [1.165, 1.54) is 15.6 Å². The van der Waals surface area contributed by atoms with Crippen LogP contribution in [0, 0.1) is 6.92 Å². The summed E-state index contributed by atoms with van der Waals surface area (Å²) in [6, 6.07) is 0. The van der Waals surface area contributed by atoms with E-state index in [0.717, 1.165) is 32.4 Å². The molecule has 0 aliphatic rings. The fraction of sp³-hybridized carbons (Fsp3) is 0.786. The number of thiazole rings is 1. The summed E-state index contributed by atoms with van der Waals surface area (Å²) in [7, 11) is 1.74. The van der Waals surface area contributed by atoms with Crippen LogP contribution in [-0.4, -0.2) is 25.2 Å². The van der Waals surface area contributed by atoms with Crippen molar-refractivity contribution in [2.75, 3.05) is 20.3 Å². The van der Waals surface area contributed by atoms with E-state index in [9.17, 15) is 0 Å². The van der Waals surface area contributed by atoms with E-state index in [1.54, 1.807) is 7.11 Å². The predicted molar refractivity (Wildman–Crippen MR) is 78.4 cm³/mol. The van der Waals surface area contributed by atoms with Crippen LogP contribution in [0.4, 0.5) is 0 Å². The van der Waals surface area contributed by atoms with Crippen molar-refractivity contribution in [3.05, 3.63) is 15.6 Å². The molecule has 1 heterocycles. The van der Waals surface area contributed by atoms with E-state index in [4.69, 9.17) is 9.72 Å². The minimum absolute atomic E-state index is 0.0153. The van der Waals surface area contributed by atoms with E-state index in [0.29, 0.717) is 0 Å². The van der Waals surface area contributed by atoms with Crippen molar-refractivity contribution in [1.29, 1.82) is 0 Å². The van der Waals surface area contributed by atoms with Gasteiger partial charge in [-0.25, -0.2) is 4.98 Å². The molecule has 0 aliphatic heterocycles. The summed E-state index contributed by atoms with van der Waals surface area (Å²) < 4.78 is 5.13. The van der Waals surface area contributed by atoms with Gasteiger partial charge in [0.25, 0.3) is 0 Å². The number of hydrogen-bond donors (Lipinski definition) is 1. The van der Waals surface area contributed by atoms with Gasteiger partial charge in [-0.3, -0.25) is 0 Å². The summed E-state index contributed by atoms with van der Waals surface area (Å²) in [5.74, 6) is 0. The summed E-state index contributed by atoms with van der Waals surface area (Å²) in [4.78, 5) is 6.19. The van der Waals surface area contributed by atoms with Gasteiger partial charge in [0.2, 0.25) is 0 Å². The van der Waals surface area contributed by atoms with Crippen molar-refractivity contribution in [2.45, 2.75) is 52.5 Å². The second-order valence-corrected chi connectivity index (χ2v) is 5.79. The topological polar surface area (TPSA) is 34.2 Å². The van der Waals surface area contributed by atoms with E-state index in [1.807, 2.05) is 11.3 Å². The lowest BCUT2D eigenvalue weighted by molar-refractivity contribution is 0.180. The molecule has 1 N–H and O–H groups in total. The highest BCUT2D eigenvalue weighted by molar-refractivity contribution is 7.11. The number of hydrogen-bond acceptors (Lipinski definition) is 4. The highest BCUT2D eigenvalue weighted by atomic mass is 32.1. The van der Waals surface area contributed by atoms with E-state index < -0.39 is 0 Å². The summed E-state index contributed by atoms with van der Waals surface area (Å²) >= 11 is 1.84. The maximum Gasteiger partial charge on any atom is 0.113 e. The standard InChI is InChI=1S/C14H26N2OS/c1-6-12-11(4)18-13(16-12)14(7-2,8-3)15-9-10-17-5/h15H,6-10H2,1-5H3. The second-order valence-electron chi connectivity index (χ2n) is 4.58. The Balaban J connectivity index is 2.94. The average molecular weight is 270 g/mol. The molecular weight excluding hydrogens is 244 g/mol. The fourth-order valence-corrected chi connectivity index (χ4v) is 3.54. The Morgan fingerprint density at radius 3 is 2.39 bits per heavy atom. The fourth-order valence-electron chi connectivity index (χ4n) is 2.23. The van der Waals surface area contributed by atoms with Crippen molar-refractivity contribution in [3.63, 3.8) is 0 Å². The third-order valence-corrected chi connectivity index (χ3v) is 4.83. The first-order valence-electron chi connectivity index (χ1n) is 6.84. The summed E-state index contributed by atoms with van der Waals surface area (Å²) in [6.07, 6.45) is 3.14. The highest BCUT2D eigenvalue weighted by Crippen LogP contribution is 2.33. The van der Waals surface area contributed by atoms with Gasteiger partial charge in [0.05, 0.1) is 17.8 Å². The Morgan fingerprint density at radius 2 is 1.94 bits per heavy atom. The first kappa shape index (κ1) is 15.6. The van der Waals surface area contributed by atoms with Crippen LogP contribution in [0.25, 0.3) is 0 Å². The van der Waals surface area contributed by atoms with Gasteiger partial charge in [-0.15, -0.1) is 11.3 Å². The largest absolute Gasteiger partial charge is 0.383 e. The molecule has 18 heavy (non-hydrogen) atoms. The zero-order chi connectivity index (χ0) is 13.6. The normalized spacial score (nSPS) is 12.1. The molecule has 0 spiro atoms. The van der Waals surface area contributed by atoms with Crippen molar-refractivity contribution < 1.29 is 4.74 Å². The van der Waals surface area contributed by atoms with Gasteiger partial charge in [-0.2, -0.15) is 0 Å². The third-order valence-electron chi connectivity index (χ3n) is 3.61. The third kappa shape index (κ3) is 3.31. The van der Waals surface area contributed by atoms with Gasteiger partial charge >= 0.3 is 0 Å². The molecule has 1 rings (SSSR count). The lowest BCUT2D eigenvalue weighted by Crippen LogP contribution is -2.43. The van der Waals surface area contributed by atoms with Gasteiger partial charge in [-0.05, 0) is 26.2 Å². The summed E-state index contributed by atoms with van der Waals surface area (Å²) in [6.45, 7) is 10.4. The molecule has 3 nitrogen and oxygen atoms in total. The lowest BCUT2D eigenvalue weighted by atomic mass is 9.93. The van der Waals surface area contributed by atoms with Crippen LogP contribution in [0.1, 0.15) is 49.2 Å². The Morgan fingerprint density at radius 1 is 1.28 bits per heavy atom. The maximum atomic E-state index is 5.13. The molecule has 1 aromatic rings. The highest BCUT2D eigenvalue weighted by Gasteiger charge is 2.31. The van der Waals surface area contributed by atoms with Crippen LogP contribution in [0.5, 0.6) is 0 Å². The van der Waals surface area contributed by atoms with Crippen molar-refractivity contribution in [2.24, 2.45) is 0 Å². The van der Waals surface area contributed by atoms with E-state index >= 15 is 0 Å². The number of methoxy groups -OCH3 is 1. The maximum absolute atomic E-state index is 5.13. The Labute approximate surface area is 115 Å². The quantitative estimate of drug-likeness (QED) is 0.736. The number of nitrogens with one attached hydrogen (secondary N) is 1. The molecule has 0 atom stereocenters. The van der Waals surface area contributed by atoms with Gasteiger partial charge in [-0.1, -0.05) is 20.8 Å². The number of aryl methyl sites for hydroxylation is 2. The van der Waals surface area contributed by atoms with Crippen molar-refractivity contribution >= 4 is 11.3 Å².